The normalized spacial score (nSPS) is 13.8. The smallest absolute Gasteiger partial charge is 0.326 e. The number of carbonyl (C=O) groups is 7. The van der Waals surface area contributed by atoms with Gasteiger partial charge >= 0.3 is 17.9 Å². The molecule has 202 valence electrons. The van der Waals surface area contributed by atoms with Gasteiger partial charge in [0.05, 0.1) is 18.9 Å². The highest BCUT2D eigenvalue weighted by molar-refractivity contribution is 5.97. The molecule has 0 spiro atoms. The minimum absolute atomic E-state index is 0.0695. The van der Waals surface area contributed by atoms with Crippen molar-refractivity contribution in [2.24, 2.45) is 11.5 Å². The number of nitrogens with two attached hydrogens (primary N) is 2. The molecular weight excluding hydrogens is 494 g/mol. The largest absolute Gasteiger partial charge is 0.481 e. The fourth-order valence-electron chi connectivity index (χ4n) is 3.10. The van der Waals surface area contributed by atoms with E-state index in [1.165, 1.54) is 0 Å². The van der Waals surface area contributed by atoms with Crippen LogP contribution in [0.2, 0.25) is 0 Å². The van der Waals surface area contributed by atoms with E-state index in [2.05, 4.69) is 5.32 Å². The molecule has 37 heavy (non-hydrogen) atoms. The number of hydrogen-bond donors (Lipinski definition) is 8. The first-order valence-corrected chi connectivity index (χ1v) is 11.0. The van der Waals surface area contributed by atoms with Crippen LogP contribution in [0.3, 0.4) is 0 Å². The lowest BCUT2D eigenvalue weighted by molar-refractivity contribution is -0.145. The number of rotatable bonds is 16. The van der Waals surface area contributed by atoms with Gasteiger partial charge in [-0.15, -0.1) is 0 Å². The van der Waals surface area contributed by atoms with Crippen molar-refractivity contribution in [3.63, 3.8) is 0 Å². The SMILES string of the molecule is NC(=O)CCC(NC(=O)C(CC(=O)O)NC(=O)C(CC(=O)O)NC(=O)C(N)Cc1ccccc1)C(=O)O. The van der Waals surface area contributed by atoms with Crippen molar-refractivity contribution in [2.75, 3.05) is 0 Å². The molecule has 1 aromatic rings. The Kier molecular flexibility index (Phi) is 12.2. The van der Waals surface area contributed by atoms with E-state index in [0.29, 0.717) is 5.56 Å². The summed E-state index contributed by atoms with van der Waals surface area (Å²) in [4.78, 5) is 82.6. The molecule has 10 N–H and O–H groups in total. The highest BCUT2D eigenvalue weighted by Crippen LogP contribution is 2.05. The lowest BCUT2D eigenvalue weighted by Crippen LogP contribution is -2.58. The maximum Gasteiger partial charge on any atom is 0.326 e. The molecule has 0 aliphatic rings. The Labute approximate surface area is 210 Å². The number of carboxylic acids is 3. The number of aliphatic carboxylic acids is 3. The summed E-state index contributed by atoms with van der Waals surface area (Å²) in [5, 5.41) is 33.7. The first kappa shape index (κ1) is 30.5. The number of primary amides is 1. The van der Waals surface area contributed by atoms with Crippen molar-refractivity contribution in [1.82, 2.24) is 16.0 Å². The maximum absolute atomic E-state index is 12.7. The summed E-state index contributed by atoms with van der Waals surface area (Å²) in [6.45, 7) is 0. The fourth-order valence-corrected chi connectivity index (χ4v) is 3.10. The van der Waals surface area contributed by atoms with Gasteiger partial charge in [0, 0.05) is 6.42 Å². The summed E-state index contributed by atoms with van der Waals surface area (Å²) >= 11 is 0. The van der Waals surface area contributed by atoms with Crippen molar-refractivity contribution in [1.29, 1.82) is 0 Å². The van der Waals surface area contributed by atoms with Crippen LogP contribution in [0.5, 0.6) is 0 Å². The molecule has 1 aromatic carbocycles. The molecule has 0 aliphatic carbocycles. The molecule has 0 bridgehead atoms. The molecule has 4 amide bonds. The van der Waals surface area contributed by atoms with Crippen molar-refractivity contribution >= 4 is 41.5 Å². The standard InChI is InChI=1S/C22H29N5O10/c23-12(8-11-4-2-1-3-5-11)19(33)26-14(9-17(29)30)21(35)27-15(10-18(31)32)20(34)25-13(22(36)37)6-7-16(24)28/h1-5,12-15H,6-10,23H2,(H2,24,28)(H,25,34)(H,26,33)(H,27,35)(H,29,30)(H,31,32)(H,36,37). The summed E-state index contributed by atoms with van der Waals surface area (Å²) < 4.78 is 0. The van der Waals surface area contributed by atoms with E-state index in [-0.39, 0.29) is 6.42 Å². The Bertz CT molecular complexity index is 1020. The molecule has 0 heterocycles. The van der Waals surface area contributed by atoms with Gasteiger partial charge in [-0.3, -0.25) is 28.8 Å². The summed E-state index contributed by atoms with van der Waals surface area (Å²) in [7, 11) is 0. The Morgan fingerprint density at radius 3 is 1.62 bits per heavy atom. The summed E-state index contributed by atoms with van der Waals surface area (Å²) in [6, 6.07) is 2.24. The van der Waals surface area contributed by atoms with E-state index in [0.717, 1.165) is 0 Å². The van der Waals surface area contributed by atoms with Gasteiger partial charge in [0.15, 0.2) is 0 Å². The van der Waals surface area contributed by atoms with Crippen LogP contribution in [0.25, 0.3) is 0 Å². The van der Waals surface area contributed by atoms with Crippen LogP contribution in [0, 0.1) is 0 Å². The van der Waals surface area contributed by atoms with Gasteiger partial charge in [0.2, 0.25) is 23.6 Å². The summed E-state index contributed by atoms with van der Waals surface area (Å²) in [5.41, 5.74) is 11.5. The molecule has 0 saturated carbocycles. The van der Waals surface area contributed by atoms with Gasteiger partial charge in [-0.1, -0.05) is 30.3 Å². The summed E-state index contributed by atoms with van der Waals surface area (Å²) in [5.74, 6) is -8.74. The van der Waals surface area contributed by atoms with Crippen LogP contribution in [0.15, 0.2) is 30.3 Å². The number of benzene rings is 1. The third-order valence-corrected chi connectivity index (χ3v) is 4.95. The van der Waals surface area contributed by atoms with E-state index in [4.69, 9.17) is 21.7 Å². The van der Waals surface area contributed by atoms with Crippen LogP contribution >= 0.6 is 0 Å². The third kappa shape index (κ3) is 11.6. The van der Waals surface area contributed by atoms with Gasteiger partial charge in [-0.2, -0.15) is 0 Å². The van der Waals surface area contributed by atoms with Gasteiger partial charge in [0.1, 0.15) is 18.1 Å². The Balaban J connectivity index is 2.97. The maximum atomic E-state index is 12.7. The molecule has 4 unspecified atom stereocenters. The topological polar surface area (TPSA) is 268 Å². The second-order valence-corrected chi connectivity index (χ2v) is 8.02. The average molecular weight is 523 g/mol. The number of amides is 4. The molecule has 0 saturated heterocycles. The third-order valence-electron chi connectivity index (χ3n) is 4.95. The Morgan fingerprint density at radius 2 is 1.19 bits per heavy atom. The lowest BCUT2D eigenvalue weighted by atomic mass is 10.0. The number of carbonyl (C=O) groups excluding carboxylic acids is 4. The first-order valence-electron chi connectivity index (χ1n) is 11.0. The highest BCUT2D eigenvalue weighted by Gasteiger charge is 2.32. The van der Waals surface area contributed by atoms with E-state index < -0.39 is 91.4 Å². The van der Waals surface area contributed by atoms with Crippen molar-refractivity contribution in [3.05, 3.63) is 35.9 Å². The van der Waals surface area contributed by atoms with E-state index >= 15 is 0 Å². The second-order valence-electron chi connectivity index (χ2n) is 8.02. The Hall–Kier alpha value is -4.53. The molecule has 1 rings (SSSR count). The van der Waals surface area contributed by atoms with Crippen molar-refractivity contribution in [3.8, 4) is 0 Å². The van der Waals surface area contributed by atoms with Crippen LogP contribution in [0.4, 0.5) is 0 Å². The highest BCUT2D eigenvalue weighted by atomic mass is 16.4. The molecule has 0 fully saturated rings. The van der Waals surface area contributed by atoms with E-state index in [9.17, 15) is 38.7 Å². The van der Waals surface area contributed by atoms with Crippen LogP contribution in [-0.4, -0.2) is 81.0 Å². The van der Waals surface area contributed by atoms with Crippen LogP contribution in [-0.2, 0) is 40.0 Å². The lowest BCUT2D eigenvalue weighted by Gasteiger charge is -2.24. The predicted molar refractivity (Wildman–Crippen MR) is 124 cm³/mol. The second kappa shape index (κ2) is 14.8. The first-order chi connectivity index (χ1) is 17.3. The van der Waals surface area contributed by atoms with Crippen molar-refractivity contribution < 1.29 is 48.9 Å². The number of nitrogens with one attached hydrogen (secondary N) is 3. The number of hydrogen-bond acceptors (Lipinski definition) is 8. The van der Waals surface area contributed by atoms with Crippen molar-refractivity contribution in [2.45, 2.75) is 56.3 Å². The molecule has 0 aliphatic heterocycles. The molecule has 0 aromatic heterocycles. The average Bonchev–Trinajstić information content (AvgIpc) is 2.80. The van der Waals surface area contributed by atoms with Gasteiger partial charge in [0.25, 0.3) is 0 Å². The van der Waals surface area contributed by atoms with Gasteiger partial charge in [-0.25, -0.2) is 4.79 Å². The van der Waals surface area contributed by atoms with Gasteiger partial charge < -0.3 is 42.7 Å². The zero-order valence-electron chi connectivity index (χ0n) is 19.6. The zero-order valence-corrected chi connectivity index (χ0v) is 19.6. The van der Waals surface area contributed by atoms with Crippen LogP contribution < -0.4 is 27.4 Å². The Morgan fingerprint density at radius 1 is 0.730 bits per heavy atom. The molecule has 15 heteroatoms. The quantitative estimate of drug-likeness (QED) is 0.110. The predicted octanol–water partition coefficient (Wildman–Crippen LogP) is -2.69. The van der Waals surface area contributed by atoms with Gasteiger partial charge in [-0.05, 0) is 18.4 Å². The minimum Gasteiger partial charge on any atom is -0.481 e. The summed E-state index contributed by atoms with van der Waals surface area (Å²) in [6.07, 6.45) is -2.65. The number of carboxylic acid groups (broad SMARTS) is 3. The zero-order chi connectivity index (χ0) is 28.1. The molecule has 0 radical (unpaired) electrons. The monoisotopic (exact) mass is 523 g/mol. The van der Waals surface area contributed by atoms with E-state index in [1.807, 2.05) is 10.6 Å². The molecule has 4 atom stereocenters. The molecule has 15 nitrogen and oxygen atoms in total. The molecular formula is C22H29N5O10. The minimum atomic E-state index is -1.84. The van der Waals surface area contributed by atoms with E-state index in [1.54, 1.807) is 30.3 Å². The van der Waals surface area contributed by atoms with Crippen LogP contribution in [0.1, 0.15) is 31.2 Å². The fraction of sp³-hybridized carbons (Fsp3) is 0.409.